The normalized spacial score (nSPS) is 9.67. The highest BCUT2D eigenvalue weighted by atomic mass is 16.5. The van der Waals surface area contributed by atoms with Crippen molar-refractivity contribution in [2.75, 3.05) is 19.5 Å². The van der Waals surface area contributed by atoms with Crippen molar-refractivity contribution in [2.24, 2.45) is 0 Å². The minimum Gasteiger partial charge on any atom is -0.464 e. The Morgan fingerprint density at radius 3 is 2.76 bits per heavy atom. The third-order valence-electron chi connectivity index (χ3n) is 2.55. The number of aliphatic hydroxyl groups excluding tert-OH is 1. The summed E-state index contributed by atoms with van der Waals surface area (Å²) in [6.45, 7) is 2.40. The maximum Gasteiger partial charge on any atom is 0.358 e. The van der Waals surface area contributed by atoms with Crippen LogP contribution in [0.25, 0.3) is 5.69 Å². The maximum atomic E-state index is 11.2. The van der Waals surface area contributed by atoms with Crippen LogP contribution in [0, 0.1) is 0 Å². The van der Waals surface area contributed by atoms with Crippen molar-refractivity contribution in [3.8, 4) is 5.69 Å². The van der Waals surface area contributed by atoms with Gasteiger partial charge in [0.15, 0.2) is 5.69 Å². The minimum atomic E-state index is -0.472. The van der Waals surface area contributed by atoms with Crippen molar-refractivity contribution < 1.29 is 14.6 Å². The first-order chi connectivity index (χ1) is 10.1. The van der Waals surface area contributed by atoms with Gasteiger partial charge in [0.25, 0.3) is 0 Å². The lowest BCUT2D eigenvalue weighted by atomic mass is 10.4. The number of pyridine rings is 1. The Labute approximate surface area is 123 Å². The van der Waals surface area contributed by atoms with E-state index in [0.717, 1.165) is 18.5 Å². The average Bonchev–Trinajstić information content (AvgIpc) is 2.98. The number of esters is 1. The van der Waals surface area contributed by atoms with Crippen molar-refractivity contribution >= 4 is 11.8 Å². The van der Waals surface area contributed by atoms with E-state index in [2.05, 4.69) is 21.6 Å². The van der Waals surface area contributed by atoms with Gasteiger partial charge in [0.05, 0.1) is 12.8 Å². The van der Waals surface area contributed by atoms with Gasteiger partial charge in [-0.15, -0.1) is 0 Å². The third kappa shape index (κ3) is 5.23. The number of unbranched alkanes of at least 4 members (excludes halogenated alkanes) is 1. The van der Waals surface area contributed by atoms with E-state index < -0.39 is 5.97 Å². The molecule has 0 aliphatic heterocycles. The molecule has 0 atom stereocenters. The summed E-state index contributed by atoms with van der Waals surface area (Å²) >= 11 is 0. The van der Waals surface area contributed by atoms with Gasteiger partial charge in [0, 0.05) is 25.1 Å². The number of rotatable bonds is 4. The van der Waals surface area contributed by atoms with Gasteiger partial charge in [0.1, 0.15) is 12.1 Å². The number of nitrogens with zero attached hydrogens (tertiary/aromatic N) is 3. The van der Waals surface area contributed by atoms with Crippen LogP contribution >= 0.6 is 0 Å². The number of methoxy groups -OCH3 is 1. The number of nitrogens with two attached hydrogens (primary N) is 1. The van der Waals surface area contributed by atoms with E-state index in [0.29, 0.717) is 12.4 Å². The lowest BCUT2D eigenvalue weighted by molar-refractivity contribution is 0.0594. The smallest absolute Gasteiger partial charge is 0.358 e. The zero-order chi connectivity index (χ0) is 15.7. The van der Waals surface area contributed by atoms with Gasteiger partial charge in [-0.25, -0.2) is 14.8 Å². The highest BCUT2D eigenvalue weighted by Gasteiger charge is 2.09. The Morgan fingerprint density at radius 1 is 1.48 bits per heavy atom. The van der Waals surface area contributed by atoms with E-state index in [-0.39, 0.29) is 5.69 Å². The molecule has 2 aromatic heterocycles. The molecule has 0 radical (unpaired) electrons. The number of ether oxygens (including phenoxy) is 1. The van der Waals surface area contributed by atoms with Crippen LogP contribution in [-0.4, -0.2) is 39.3 Å². The van der Waals surface area contributed by atoms with Gasteiger partial charge in [-0.05, 0) is 12.5 Å². The monoisotopic (exact) mass is 292 g/mol. The predicted molar refractivity (Wildman–Crippen MR) is 79.1 cm³/mol. The summed E-state index contributed by atoms with van der Waals surface area (Å²) in [5, 5.41) is 8.07. The highest BCUT2D eigenvalue weighted by molar-refractivity contribution is 5.86. The summed E-state index contributed by atoms with van der Waals surface area (Å²) in [7, 11) is 1.31. The SMILES string of the molecule is CCCCO.COC(=O)c1cn(-c2ccnc(N)c2)cn1. The van der Waals surface area contributed by atoms with Crippen LogP contribution in [0.2, 0.25) is 0 Å². The van der Waals surface area contributed by atoms with Crippen LogP contribution in [0.15, 0.2) is 30.9 Å². The lowest BCUT2D eigenvalue weighted by Crippen LogP contribution is -2.01. The van der Waals surface area contributed by atoms with Crippen molar-refractivity contribution in [1.82, 2.24) is 14.5 Å². The van der Waals surface area contributed by atoms with Crippen molar-refractivity contribution in [2.45, 2.75) is 19.8 Å². The number of aromatic nitrogens is 3. The second kappa shape index (κ2) is 8.70. The molecule has 2 rings (SSSR count). The van der Waals surface area contributed by atoms with Gasteiger partial charge in [0.2, 0.25) is 0 Å². The quantitative estimate of drug-likeness (QED) is 0.826. The van der Waals surface area contributed by atoms with E-state index in [1.165, 1.54) is 13.4 Å². The van der Waals surface area contributed by atoms with Crippen LogP contribution < -0.4 is 5.73 Å². The summed E-state index contributed by atoms with van der Waals surface area (Å²) in [5.41, 5.74) is 6.59. The molecule has 0 spiro atoms. The van der Waals surface area contributed by atoms with Crippen LogP contribution in [0.5, 0.6) is 0 Å². The number of hydrogen-bond acceptors (Lipinski definition) is 6. The number of carbonyl (C=O) groups excluding carboxylic acids is 1. The molecule has 0 fully saturated rings. The lowest BCUT2D eigenvalue weighted by Gasteiger charge is -2.01. The van der Waals surface area contributed by atoms with Gasteiger partial charge in [-0.3, -0.25) is 0 Å². The zero-order valence-corrected chi connectivity index (χ0v) is 12.2. The van der Waals surface area contributed by atoms with Gasteiger partial charge >= 0.3 is 5.97 Å². The second-order valence-corrected chi connectivity index (χ2v) is 4.17. The zero-order valence-electron chi connectivity index (χ0n) is 12.2. The fraction of sp³-hybridized carbons (Fsp3) is 0.357. The Balaban J connectivity index is 0.000000383. The largest absolute Gasteiger partial charge is 0.464 e. The fourth-order valence-corrected chi connectivity index (χ4v) is 1.43. The Morgan fingerprint density at radius 2 is 2.24 bits per heavy atom. The number of anilines is 1. The fourth-order valence-electron chi connectivity index (χ4n) is 1.43. The molecule has 0 bridgehead atoms. The van der Waals surface area contributed by atoms with E-state index in [1.807, 2.05) is 0 Å². The molecule has 7 nitrogen and oxygen atoms in total. The number of hydrogen-bond donors (Lipinski definition) is 2. The van der Waals surface area contributed by atoms with Crippen LogP contribution in [0.1, 0.15) is 30.3 Å². The predicted octanol–water partition coefficient (Wildman–Crippen LogP) is 1.41. The Bertz CT molecular complexity index is 567. The topological polar surface area (TPSA) is 103 Å². The molecule has 0 saturated heterocycles. The molecule has 114 valence electrons. The molecule has 0 aliphatic rings. The molecule has 0 aromatic carbocycles. The number of carbonyl (C=O) groups is 1. The molecular formula is C14H20N4O3. The van der Waals surface area contributed by atoms with Gasteiger partial charge < -0.3 is 20.1 Å². The van der Waals surface area contributed by atoms with Crippen molar-refractivity contribution in [1.29, 1.82) is 0 Å². The van der Waals surface area contributed by atoms with Crippen LogP contribution in [-0.2, 0) is 4.74 Å². The molecule has 7 heteroatoms. The molecule has 21 heavy (non-hydrogen) atoms. The molecule has 0 aliphatic carbocycles. The second-order valence-electron chi connectivity index (χ2n) is 4.17. The van der Waals surface area contributed by atoms with Crippen LogP contribution in [0.4, 0.5) is 5.82 Å². The summed E-state index contributed by atoms with van der Waals surface area (Å²) < 4.78 is 6.23. The van der Waals surface area contributed by atoms with Crippen LogP contribution in [0.3, 0.4) is 0 Å². The third-order valence-corrected chi connectivity index (χ3v) is 2.55. The number of imidazole rings is 1. The summed E-state index contributed by atoms with van der Waals surface area (Å²) in [6.07, 6.45) is 6.71. The first-order valence-corrected chi connectivity index (χ1v) is 6.57. The Hall–Kier alpha value is -2.41. The van der Waals surface area contributed by atoms with E-state index in [9.17, 15) is 4.79 Å². The summed E-state index contributed by atoms with van der Waals surface area (Å²) in [6, 6.07) is 3.45. The first kappa shape index (κ1) is 16.6. The molecule has 0 saturated carbocycles. The summed E-state index contributed by atoms with van der Waals surface area (Å²) in [5.74, 6) is -0.0633. The average molecular weight is 292 g/mol. The molecule has 3 N–H and O–H groups in total. The van der Waals surface area contributed by atoms with E-state index >= 15 is 0 Å². The van der Waals surface area contributed by atoms with Gasteiger partial charge in [-0.2, -0.15) is 0 Å². The molecule has 0 amide bonds. The maximum absolute atomic E-state index is 11.2. The Kier molecular flexibility index (Phi) is 6.90. The minimum absolute atomic E-state index is 0.248. The molecular weight excluding hydrogens is 272 g/mol. The number of aliphatic hydroxyl groups is 1. The van der Waals surface area contributed by atoms with E-state index in [1.54, 1.807) is 29.1 Å². The summed E-state index contributed by atoms with van der Waals surface area (Å²) in [4.78, 5) is 19.0. The molecule has 2 heterocycles. The highest BCUT2D eigenvalue weighted by Crippen LogP contribution is 2.10. The van der Waals surface area contributed by atoms with Crippen molar-refractivity contribution in [3.63, 3.8) is 0 Å². The first-order valence-electron chi connectivity index (χ1n) is 6.57. The molecule has 0 unspecified atom stereocenters. The molecule has 2 aromatic rings. The van der Waals surface area contributed by atoms with E-state index in [4.69, 9.17) is 10.8 Å². The number of nitrogen functional groups attached to an aromatic ring is 1. The standard InChI is InChI=1S/C10H10N4O2.C4H10O/c1-16-10(15)8-5-14(6-13-8)7-2-3-12-9(11)4-7;1-2-3-4-5/h2-6H,1H3,(H2,11,12);5H,2-4H2,1H3. The van der Waals surface area contributed by atoms with Gasteiger partial charge in [-0.1, -0.05) is 13.3 Å². The van der Waals surface area contributed by atoms with Crippen molar-refractivity contribution in [3.05, 3.63) is 36.5 Å².